The molecule has 9 nitrogen and oxygen atoms in total. The third-order valence-electron chi connectivity index (χ3n) is 4.00. The molecule has 27 heavy (non-hydrogen) atoms. The van der Waals surface area contributed by atoms with Crippen molar-refractivity contribution < 1.29 is 24.0 Å². The van der Waals surface area contributed by atoms with Crippen LogP contribution in [0.2, 0.25) is 0 Å². The molecule has 1 N–H and O–H groups in total. The normalized spacial score (nSPS) is 12.7. The van der Waals surface area contributed by atoms with E-state index in [0.717, 1.165) is 11.0 Å². The number of non-ortho nitro benzene ring substituents is 1. The number of hydrogen-bond acceptors (Lipinski definition) is 7. The van der Waals surface area contributed by atoms with Crippen LogP contribution in [-0.4, -0.2) is 40.9 Å². The Morgan fingerprint density at radius 3 is 2.41 bits per heavy atom. The molecule has 0 unspecified atom stereocenters. The number of amides is 2. The zero-order valence-corrected chi connectivity index (χ0v) is 14.3. The van der Waals surface area contributed by atoms with Crippen LogP contribution in [0.5, 0.6) is 0 Å². The van der Waals surface area contributed by atoms with Crippen LogP contribution in [0, 0.1) is 10.1 Å². The number of rotatable bonds is 6. The largest absolute Gasteiger partial charge is 0.462 e. The number of esters is 1. The van der Waals surface area contributed by atoms with Gasteiger partial charge in [0.25, 0.3) is 17.5 Å². The van der Waals surface area contributed by atoms with Gasteiger partial charge in [0.15, 0.2) is 0 Å². The molecular weight excluding hydrogens is 354 g/mol. The van der Waals surface area contributed by atoms with Gasteiger partial charge in [0.2, 0.25) is 0 Å². The van der Waals surface area contributed by atoms with Crippen molar-refractivity contribution >= 4 is 29.2 Å². The van der Waals surface area contributed by atoms with Crippen molar-refractivity contribution in [2.24, 2.45) is 0 Å². The monoisotopic (exact) mass is 369 g/mol. The van der Waals surface area contributed by atoms with E-state index in [1.54, 1.807) is 31.2 Å². The first kappa shape index (κ1) is 18.1. The minimum absolute atomic E-state index is 0.00802. The summed E-state index contributed by atoms with van der Waals surface area (Å²) in [6.45, 7) is 1.88. The fourth-order valence-corrected chi connectivity index (χ4v) is 2.64. The number of imide groups is 1. The van der Waals surface area contributed by atoms with Crippen molar-refractivity contribution in [1.29, 1.82) is 0 Å². The number of carbonyl (C=O) groups is 3. The number of ether oxygens (including phenoxy) is 1. The van der Waals surface area contributed by atoms with Crippen LogP contribution >= 0.6 is 0 Å². The van der Waals surface area contributed by atoms with E-state index < -0.39 is 22.7 Å². The summed E-state index contributed by atoms with van der Waals surface area (Å²) >= 11 is 0. The molecule has 2 aromatic rings. The minimum atomic E-state index is -0.621. The Hall–Kier alpha value is -3.75. The topological polar surface area (TPSA) is 119 Å². The highest BCUT2D eigenvalue weighted by Gasteiger charge is 2.36. The molecule has 0 fully saturated rings. The predicted molar refractivity (Wildman–Crippen MR) is 94.5 cm³/mol. The van der Waals surface area contributed by atoms with Crippen LogP contribution in [-0.2, 0) is 4.74 Å². The lowest BCUT2D eigenvalue weighted by Gasteiger charge is -2.15. The van der Waals surface area contributed by atoms with Gasteiger partial charge >= 0.3 is 5.97 Å². The second kappa shape index (κ2) is 7.24. The molecule has 0 saturated carbocycles. The molecule has 0 aliphatic carbocycles. The second-order valence-corrected chi connectivity index (χ2v) is 5.66. The highest BCUT2D eigenvalue weighted by molar-refractivity contribution is 6.21. The minimum Gasteiger partial charge on any atom is -0.462 e. The Bertz CT molecular complexity index is 939. The highest BCUT2D eigenvalue weighted by atomic mass is 16.6. The molecular formula is C18H15N3O6. The second-order valence-electron chi connectivity index (χ2n) is 5.66. The third kappa shape index (κ3) is 3.47. The Morgan fingerprint density at radius 2 is 1.78 bits per heavy atom. The standard InChI is InChI=1S/C18H15N3O6/c1-2-27-18(24)11-3-5-12(6-4-11)19-10-20-16(22)14-8-7-13(21(25)26)9-15(14)17(20)23/h3-9,19H,2,10H2,1H3. The number of hydrogen-bond donors (Lipinski definition) is 1. The summed E-state index contributed by atoms with van der Waals surface area (Å²) in [5, 5.41) is 13.8. The maximum atomic E-state index is 12.4. The first-order valence-corrected chi connectivity index (χ1v) is 8.08. The van der Waals surface area contributed by atoms with Crippen molar-refractivity contribution in [3.63, 3.8) is 0 Å². The molecule has 1 aliphatic rings. The molecule has 3 rings (SSSR count). The number of nitro benzene ring substituents is 1. The Kier molecular flexibility index (Phi) is 4.84. The van der Waals surface area contributed by atoms with Crippen molar-refractivity contribution in [2.75, 3.05) is 18.6 Å². The van der Waals surface area contributed by atoms with Gasteiger partial charge in [-0.3, -0.25) is 24.6 Å². The molecule has 0 bridgehead atoms. The van der Waals surface area contributed by atoms with E-state index in [1.807, 2.05) is 0 Å². The fourth-order valence-electron chi connectivity index (χ4n) is 2.64. The van der Waals surface area contributed by atoms with Crippen molar-refractivity contribution in [3.05, 3.63) is 69.3 Å². The van der Waals surface area contributed by atoms with Gasteiger partial charge in [0, 0.05) is 17.8 Å². The maximum Gasteiger partial charge on any atom is 0.338 e. The van der Waals surface area contributed by atoms with Crippen molar-refractivity contribution in [2.45, 2.75) is 6.92 Å². The fraction of sp³-hybridized carbons (Fsp3) is 0.167. The molecule has 9 heteroatoms. The number of nitrogens with one attached hydrogen (secondary N) is 1. The van der Waals surface area contributed by atoms with Gasteiger partial charge in [-0.2, -0.15) is 0 Å². The summed E-state index contributed by atoms with van der Waals surface area (Å²) < 4.78 is 4.89. The summed E-state index contributed by atoms with van der Waals surface area (Å²) in [4.78, 5) is 47.6. The molecule has 138 valence electrons. The third-order valence-corrected chi connectivity index (χ3v) is 4.00. The van der Waals surface area contributed by atoms with Gasteiger partial charge in [-0.15, -0.1) is 0 Å². The van der Waals surface area contributed by atoms with Crippen LogP contribution in [0.25, 0.3) is 0 Å². The number of carbonyl (C=O) groups excluding carboxylic acids is 3. The molecule has 0 saturated heterocycles. The average Bonchev–Trinajstić information content (AvgIpc) is 2.90. The molecule has 1 aliphatic heterocycles. The summed E-state index contributed by atoms with van der Waals surface area (Å²) in [6, 6.07) is 9.93. The first-order valence-electron chi connectivity index (χ1n) is 8.08. The van der Waals surface area contributed by atoms with Crippen LogP contribution in [0.1, 0.15) is 38.0 Å². The molecule has 2 aromatic carbocycles. The predicted octanol–water partition coefficient (Wildman–Crippen LogP) is 2.44. The van der Waals surface area contributed by atoms with Gasteiger partial charge < -0.3 is 10.1 Å². The summed E-state index contributed by atoms with van der Waals surface area (Å²) in [7, 11) is 0. The van der Waals surface area contributed by atoms with E-state index in [0.29, 0.717) is 11.3 Å². The van der Waals surface area contributed by atoms with Gasteiger partial charge in [-0.1, -0.05) is 0 Å². The molecule has 0 atom stereocenters. The van der Waals surface area contributed by atoms with E-state index in [9.17, 15) is 24.5 Å². The lowest BCUT2D eigenvalue weighted by molar-refractivity contribution is -0.384. The van der Waals surface area contributed by atoms with E-state index in [-0.39, 0.29) is 30.1 Å². The number of benzene rings is 2. The zero-order chi connectivity index (χ0) is 19.6. The van der Waals surface area contributed by atoms with Crippen LogP contribution in [0.3, 0.4) is 0 Å². The smallest absolute Gasteiger partial charge is 0.338 e. The summed E-state index contributed by atoms with van der Waals surface area (Å²) in [5.41, 5.74) is 0.860. The number of nitrogens with zero attached hydrogens (tertiary/aromatic N) is 2. The molecule has 0 radical (unpaired) electrons. The zero-order valence-electron chi connectivity index (χ0n) is 14.3. The number of anilines is 1. The highest BCUT2D eigenvalue weighted by Crippen LogP contribution is 2.26. The quantitative estimate of drug-likeness (QED) is 0.359. The van der Waals surface area contributed by atoms with Gasteiger partial charge in [-0.05, 0) is 37.3 Å². The number of nitro groups is 1. The van der Waals surface area contributed by atoms with Gasteiger partial charge in [0.05, 0.1) is 34.9 Å². The van der Waals surface area contributed by atoms with Gasteiger partial charge in [-0.25, -0.2) is 4.79 Å². The van der Waals surface area contributed by atoms with Gasteiger partial charge in [0.1, 0.15) is 0 Å². The lowest BCUT2D eigenvalue weighted by Crippen LogP contribution is -2.34. The van der Waals surface area contributed by atoms with Crippen LogP contribution in [0.15, 0.2) is 42.5 Å². The molecule has 0 aromatic heterocycles. The maximum absolute atomic E-state index is 12.4. The van der Waals surface area contributed by atoms with Crippen LogP contribution < -0.4 is 5.32 Å². The Balaban J connectivity index is 1.70. The van der Waals surface area contributed by atoms with Crippen LogP contribution in [0.4, 0.5) is 11.4 Å². The molecule has 2 amide bonds. The summed E-state index contributed by atoms with van der Waals surface area (Å²) in [5.74, 6) is -1.57. The SMILES string of the molecule is CCOC(=O)c1ccc(NCN2C(=O)c3ccc([N+](=O)[O-])cc3C2=O)cc1. The Labute approximate surface area is 153 Å². The number of fused-ring (bicyclic) bond motifs is 1. The van der Waals surface area contributed by atoms with E-state index in [4.69, 9.17) is 4.74 Å². The van der Waals surface area contributed by atoms with E-state index in [2.05, 4.69) is 5.32 Å². The average molecular weight is 369 g/mol. The first-order chi connectivity index (χ1) is 12.9. The molecule has 1 heterocycles. The Morgan fingerprint density at radius 1 is 1.11 bits per heavy atom. The van der Waals surface area contributed by atoms with E-state index >= 15 is 0 Å². The lowest BCUT2D eigenvalue weighted by atomic mass is 10.1. The summed E-state index contributed by atoms with van der Waals surface area (Å²) in [6.07, 6.45) is 0. The van der Waals surface area contributed by atoms with Crippen molar-refractivity contribution in [3.8, 4) is 0 Å². The van der Waals surface area contributed by atoms with E-state index in [1.165, 1.54) is 12.1 Å². The van der Waals surface area contributed by atoms with Crippen molar-refractivity contribution in [1.82, 2.24) is 4.90 Å². The molecule has 0 spiro atoms.